The van der Waals surface area contributed by atoms with E-state index in [9.17, 15) is 0 Å². The van der Waals surface area contributed by atoms with E-state index < -0.39 is 0 Å². The van der Waals surface area contributed by atoms with Gasteiger partial charge >= 0.3 is 0 Å². The van der Waals surface area contributed by atoms with Crippen molar-refractivity contribution in [1.29, 1.82) is 0 Å². The van der Waals surface area contributed by atoms with Gasteiger partial charge in [-0.1, -0.05) is 12.1 Å². The van der Waals surface area contributed by atoms with Gasteiger partial charge in [-0.05, 0) is 38.1 Å². The number of hydrogen-bond acceptors (Lipinski definition) is 4. The Morgan fingerprint density at radius 3 is 2.88 bits per heavy atom. The van der Waals surface area contributed by atoms with Crippen LogP contribution >= 0.6 is 11.3 Å². The average molecular weight is 249 g/mol. The van der Waals surface area contributed by atoms with E-state index in [0.29, 0.717) is 0 Å². The fourth-order valence-corrected chi connectivity index (χ4v) is 2.71. The molecular formula is C13H19N3S. The second kappa shape index (κ2) is 6.69. The molecule has 0 amide bonds. The van der Waals surface area contributed by atoms with Crippen LogP contribution in [0.15, 0.2) is 24.3 Å². The van der Waals surface area contributed by atoms with Gasteiger partial charge in [0.2, 0.25) is 0 Å². The number of nitrogens with one attached hydrogen (secondary N) is 1. The molecule has 1 aromatic heterocycles. The lowest BCUT2D eigenvalue weighted by molar-refractivity contribution is 0.626. The van der Waals surface area contributed by atoms with Gasteiger partial charge in [-0.25, -0.2) is 4.98 Å². The monoisotopic (exact) mass is 249 g/mol. The lowest BCUT2D eigenvalue weighted by atomic mass is 10.3. The number of nitrogens with zero attached hydrogens (tertiary/aromatic N) is 1. The fraction of sp³-hybridized carbons (Fsp3) is 0.462. The molecule has 3 nitrogen and oxygen atoms in total. The van der Waals surface area contributed by atoms with Gasteiger partial charge < -0.3 is 11.1 Å². The van der Waals surface area contributed by atoms with E-state index in [1.165, 1.54) is 9.71 Å². The molecule has 0 bridgehead atoms. The molecule has 0 unspecified atom stereocenters. The summed E-state index contributed by atoms with van der Waals surface area (Å²) in [6.07, 6.45) is 3.28. The summed E-state index contributed by atoms with van der Waals surface area (Å²) in [5.41, 5.74) is 6.56. The zero-order chi connectivity index (χ0) is 11.9. The predicted molar refractivity (Wildman–Crippen MR) is 74.5 cm³/mol. The maximum Gasteiger partial charge on any atom is 0.0951 e. The lowest BCUT2D eigenvalue weighted by Crippen LogP contribution is -2.19. The van der Waals surface area contributed by atoms with Gasteiger partial charge in [0.1, 0.15) is 0 Å². The van der Waals surface area contributed by atoms with Crippen molar-refractivity contribution >= 4 is 21.6 Å². The van der Waals surface area contributed by atoms with Crippen LogP contribution in [0.1, 0.15) is 17.8 Å². The molecule has 92 valence electrons. The van der Waals surface area contributed by atoms with Gasteiger partial charge in [-0.3, -0.25) is 0 Å². The van der Waals surface area contributed by atoms with Crippen LogP contribution in [-0.2, 0) is 6.42 Å². The molecule has 1 heterocycles. The molecule has 0 fully saturated rings. The van der Waals surface area contributed by atoms with Gasteiger partial charge in [-0.15, -0.1) is 11.3 Å². The normalized spacial score (nSPS) is 11.1. The standard InChI is InChI=1S/C13H19N3S/c14-8-3-4-9-15-10-7-13-16-11-5-1-2-6-12(11)17-13/h1-2,5-6,15H,3-4,7-10,14H2. The largest absolute Gasteiger partial charge is 0.330 e. The van der Waals surface area contributed by atoms with Gasteiger partial charge in [0, 0.05) is 13.0 Å². The quantitative estimate of drug-likeness (QED) is 0.739. The predicted octanol–water partition coefficient (Wildman–Crippen LogP) is 2.17. The second-order valence-electron chi connectivity index (χ2n) is 4.07. The van der Waals surface area contributed by atoms with E-state index in [2.05, 4.69) is 28.5 Å². The van der Waals surface area contributed by atoms with E-state index in [1.807, 2.05) is 6.07 Å². The number of unbranched alkanes of at least 4 members (excludes halogenated alkanes) is 1. The Labute approximate surface area is 106 Å². The van der Waals surface area contributed by atoms with E-state index in [4.69, 9.17) is 5.73 Å². The number of aromatic nitrogens is 1. The lowest BCUT2D eigenvalue weighted by Gasteiger charge is -2.01. The molecule has 1 aromatic carbocycles. The Kier molecular flexibility index (Phi) is 4.91. The molecule has 0 spiro atoms. The summed E-state index contributed by atoms with van der Waals surface area (Å²) in [4.78, 5) is 4.61. The molecule has 0 aliphatic carbocycles. The van der Waals surface area contributed by atoms with Crippen molar-refractivity contribution < 1.29 is 0 Å². The molecule has 0 aliphatic rings. The third kappa shape index (κ3) is 3.77. The molecule has 0 radical (unpaired) electrons. The maximum atomic E-state index is 5.44. The third-order valence-electron chi connectivity index (χ3n) is 2.66. The van der Waals surface area contributed by atoms with Gasteiger partial charge in [0.15, 0.2) is 0 Å². The van der Waals surface area contributed by atoms with Crippen LogP contribution in [0.2, 0.25) is 0 Å². The van der Waals surface area contributed by atoms with E-state index in [-0.39, 0.29) is 0 Å². The topological polar surface area (TPSA) is 50.9 Å². The molecule has 2 rings (SSSR count). The molecule has 17 heavy (non-hydrogen) atoms. The highest BCUT2D eigenvalue weighted by Crippen LogP contribution is 2.21. The summed E-state index contributed by atoms with van der Waals surface area (Å²) in [6, 6.07) is 8.31. The van der Waals surface area contributed by atoms with Crippen molar-refractivity contribution in [2.24, 2.45) is 5.73 Å². The van der Waals surface area contributed by atoms with Crippen LogP contribution in [0.3, 0.4) is 0 Å². The fourth-order valence-electron chi connectivity index (χ4n) is 1.74. The first kappa shape index (κ1) is 12.5. The Balaban J connectivity index is 1.75. The van der Waals surface area contributed by atoms with E-state index in [1.54, 1.807) is 11.3 Å². The minimum atomic E-state index is 0.791. The van der Waals surface area contributed by atoms with Gasteiger partial charge in [-0.2, -0.15) is 0 Å². The van der Waals surface area contributed by atoms with Crippen LogP contribution in [-0.4, -0.2) is 24.6 Å². The number of benzene rings is 1. The summed E-state index contributed by atoms with van der Waals surface area (Å²) < 4.78 is 1.28. The van der Waals surface area contributed by atoms with Crippen molar-refractivity contribution in [3.63, 3.8) is 0 Å². The minimum absolute atomic E-state index is 0.791. The second-order valence-corrected chi connectivity index (χ2v) is 5.19. The minimum Gasteiger partial charge on any atom is -0.330 e. The smallest absolute Gasteiger partial charge is 0.0951 e. The highest BCUT2D eigenvalue weighted by atomic mass is 32.1. The maximum absolute atomic E-state index is 5.44. The van der Waals surface area contributed by atoms with E-state index >= 15 is 0 Å². The molecule has 0 saturated carbocycles. The summed E-state index contributed by atoms with van der Waals surface area (Å²) >= 11 is 1.79. The van der Waals surface area contributed by atoms with Crippen LogP contribution in [0.4, 0.5) is 0 Å². The first-order valence-electron chi connectivity index (χ1n) is 6.15. The molecule has 4 heteroatoms. The Morgan fingerprint density at radius 1 is 1.18 bits per heavy atom. The Morgan fingerprint density at radius 2 is 2.06 bits per heavy atom. The van der Waals surface area contributed by atoms with Crippen molar-refractivity contribution in [2.75, 3.05) is 19.6 Å². The highest BCUT2D eigenvalue weighted by Gasteiger charge is 2.01. The molecule has 0 aliphatic heterocycles. The van der Waals surface area contributed by atoms with Gasteiger partial charge in [0.05, 0.1) is 15.2 Å². The Bertz CT molecular complexity index is 420. The van der Waals surface area contributed by atoms with Crippen LogP contribution in [0.5, 0.6) is 0 Å². The Hall–Kier alpha value is -0.970. The van der Waals surface area contributed by atoms with Crippen LogP contribution in [0.25, 0.3) is 10.2 Å². The van der Waals surface area contributed by atoms with Crippen LogP contribution < -0.4 is 11.1 Å². The highest BCUT2D eigenvalue weighted by molar-refractivity contribution is 7.18. The molecular weight excluding hydrogens is 230 g/mol. The van der Waals surface area contributed by atoms with Crippen molar-refractivity contribution in [3.05, 3.63) is 29.3 Å². The van der Waals surface area contributed by atoms with Crippen molar-refractivity contribution in [2.45, 2.75) is 19.3 Å². The number of hydrogen-bond donors (Lipinski definition) is 2. The molecule has 3 N–H and O–H groups in total. The summed E-state index contributed by atoms with van der Waals surface area (Å²) in [7, 11) is 0. The molecule has 2 aromatic rings. The van der Waals surface area contributed by atoms with Crippen molar-refractivity contribution in [3.8, 4) is 0 Å². The number of thiazole rings is 1. The number of para-hydroxylation sites is 1. The third-order valence-corrected chi connectivity index (χ3v) is 3.76. The SMILES string of the molecule is NCCCCNCCc1nc2ccccc2s1. The zero-order valence-electron chi connectivity index (χ0n) is 9.98. The first-order chi connectivity index (χ1) is 8.40. The number of rotatable bonds is 7. The van der Waals surface area contributed by atoms with Crippen molar-refractivity contribution in [1.82, 2.24) is 10.3 Å². The van der Waals surface area contributed by atoms with E-state index in [0.717, 1.165) is 44.4 Å². The first-order valence-corrected chi connectivity index (χ1v) is 6.97. The number of fused-ring (bicyclic) bond motifs is 1. The molecule has 0 atom stereocenters. The zero-order valence-corrected chi connectivity index (χ0v) is 10.8. The summed E-state index contributed by atoms with van der Waals surface area (Å²) in [6.45, 7) is 2.85. The van der Waals surface area contributed by atoms with Gasteiger partial charge in [0.25, 0.3) is 0 Å². The van der Waals surface area contributed by atoms with Crippen LogP contribution in [0, 0.1) is 0 Å². The number of nitrogens with two attached hydrogens (primary N) is 1. The average Bonchev–Trinajstić information content (AvgIpc) is 2.76. The summed E-state index contributed by atoms with van der Waals surface area (Å²) in [5.74, 6) is 0. The molecule has 0 saturated heterocycles. The summed E-state index contributed by atoms with van der Waals surface area (Å²) in [5, 5.41) is 4.64.